The molecule has 1 aromatic rings. The van der Waals surface area contributed by atoms with E-state index in [0.717, 1.165) is 11.0 Å². The first kappa shape index (κ1) is 15.6. The van der Waals surface area contributed by atoms with Gasteiger partial charge in [0.05, 0.1) is 11.2 Å². The molecular formula is C13H16BBrCl2O2. The third-order valence-corrected chi connectivity index (χ3v) is 4.95. The van der Waals surface area contributed by atoms with E-state index in [9.17, 15) is 0 Å². The minimum atomic E-state index is -0.450. The lowest BCUT2D eigenvalue weighted by atomic mass is 9.76. The quantitative estimate of drug-likeness (QED) is 0.578. The highest BCUT2D eigenvalue weighted by Crippen LogP contribution is 2.37. The van der Waals surface area contributed by atoms with E-state index in [-0.39, 0.29) is 11.2 Å². The van der Waals surface area contributed by atoms with Crippen LogP contribution >= 0.6 is 39.1 Å². The summed E-state index contributed by atoms with van der Waals surface area (Å²) >= 11 is 15.8. The Morgan fingerprint density at radius 3 is 2.11 bits per heavy atom. The van der Waals surface area contributed by atoms with Gasteiger partial charge in [-0.25, -0.2) is 0 Å². The lowest BCUT2D eigenvalue weighted by molar-refractivity contribution is 0.00578. The van der Waals surface area contributed by atoms with Crippen molar-refractivity contribution in [1.29, 1.82) is 0 Å². The summed E-state index contributed by atoms with van der Waals surface area (Å²) in [6.45, 7) is 8.08. The topological polar surface area (TPSA) is 18.5 Å². The Balaban J connectivity index is 2.45. The Labute approximate surface area is 133 Å². The Morgan fingerprint density at radius 1 is 1.11 bits per heavy atom. The molecule has 0 bridgehead atoms. The summed E-state index contributed by atoms with van der Waals surface area (Å²) in [5.41, 5.74) is 1.07. The number of hydrogen-bond donors (Lipinski definition) is 0. The van der Waals surface area contributed by atoms with E-state index in [2.05, 4.69) is 15.9 Å². The summed E-state index contributed by atoms with van der Waals surface area (Å²) in [5.74, 6) is 0. The second kappa shape index (κ2) is 5.23. The molecule has 1 aliphatic rings. The van der Waals surface area contributed by atoms with Gasteiger partial charge in [-0.15, -0.1) is 0 Å². The third-order valence-electron chi connectivity index (χ3n) is 3.84. The summed E-state index contributed by atoms with van der Waals surface area (Å²) in [4.78, 5) is 0. The minimum absolute atomic E-state index is 0.379. The number of alkyl halides is 1. The van der Waals surface area contributed by atoms with E-state index < -0.39 is 7.12 Å². The largest absolute Gasteiger partial charge is 0.495 e. The molecule has 6 heteroatoms. The molecule has 2 nitrogen and oxygen atoms in total. The van der Waals surface area contributed by atoms with Crippen LogP contribution in [0, 0.1) is 0 Å². The highest BCUT2D eigenvalue weighted by atomic mass is 79.9. The smallest absolute Gasteiger partial charge is 0.399 e. The molecule has 0 atom stereocenters. The molecule has 1 fully saturated rings. The molecule has 0 aliphatic carbocycles. The molecule has 1 saturated heterocycles. The maximum Gasteiger partial charge on any atom is 0.495 e. The number of benzene rings is 1. The van der Waals surface area contributed by atoms with E-state index >= 15 is 0 Å². The van der Waals surface area contributed by atoms with Crippen molar-refractivity contribution in [2.75, 3.05) is 0 Å². The molecule has 2 rings (SSSR count). The molecular weight excluding hydrogens is 350 g/mol. The average Bonchev–Trinajstić information content (AvgIpc) is 2.47. The van der Waals surface area contributed by atoms with Crippen molar-refractivity contribution in [3.05, 3.63) is 27.7 Å². The van der Waals surface area contributed by atoms with Crippen molar-refractivity contribution < 1.29 is 9.31 Å². The van der Waals surface area contributed by atoms with Gasteiger partial charge >= 0.3 is 7.12 Å². The predicted molar refractivity (Wildman–Crippen MR) is 84.8 cm³/mol. The summed E-state index contributed by atoms with van der Waals surface area (Å²) in [6.07, 6.45) is 0. The molecule has 0 aromatic heterocycles. The Morgan fingerprint density at radius 2 is 1.63 bits per heavy atom. The molecule has 1 heterocycles. The van der Waals surface area contributed by atoms with E-state index in [1.807, 2.05) is 33.8 Å². The Bertz CT molecular complexity index is 490. The van der Waals surface area contributed by atoms with Crippen LogP contribution in [0.15, 0.2) is 12.1 Å². The molecule has 0 radical (unpaired) electrons. The lowest BCUT2D eigenvalue weighted by Gasteiger charge is -2.32. The molecule has 104 valence electrons. The van der Waals surface area contributed by atoms with E-state index in [0.29, 0.717) is 15.4 Å². The van der Waals surface area contributed by atoms with Gasteiger partial charge in [-0.2, -0.15) is 0 Å². The second-order valence-electron chi connectivity index (χ2n) is 5.68. The van der Waals surface area contributed by atoms with Crippen LogP contribution in [0.3, 0.4) is 0 Å². The first-order valence-corrected chi connectivity index (χ1v) is 7.95. The standard InChI is InChI=1S/C13H16BBrCl2O2/c1-12(2)13(3,4)19-14(18-12)10-5-8(16)6-11(17)9(10)7-15/h5-6H,7H2,1-4H3. The van der Waals surface area contributed by atoms with Crippen molar-refractivity contribution in [2.24, 2.45) is 0 Å². The molecule has 0 saturated carbocycles. The summed E-state index contributed by atoms with van der Waals surface area (Å²) in [7, 11) is -0.450. The SMILES string of the molecule is CC1(C)OB(c2cc(Cl)cc(Cl)c2CBr)OC1(C)C. The average molecular weight is 366 g/mol. The minimum Gasteiger partial charge on any atom is -0.399 e. The van der Waals surface area contributed by atoms with Crippen LogP contribution in [0.5, 0.6) is 0 Å². The van der Waals surface area contributed by atoms with Crippen molar-refractivity contribution in [2.45, 2.75) is 44.2 Å². The van der Waals surface area contributed by atoms with Crippen LogP contribution in [0.2, 0.25) is 10.0 Å². The molecule has 1 aromatic carbocycles. The molecule has 0 unspecified atom stereocenters. The van der Waals surface area contributed by atoms with Gasteiger partial charge in [-0.05, 0) is 50.9 Å². The van der Waals surface area contributed by atoms with Gasteiger partial charge in [0.1, 0.15) is 0 Å². The van der Waals surface area contributed by atoms with E-state index in [4.69, 9.17) is 32.5 Å². The fraction of sp³-hybridized carbons (Fsp3) is 0.538. The van der Waals surface area contributed by atoms with Crippen LogP contribution in [0.1, 0.15) is 33.3 Å². The first-order valence-electron chi connectivity index (χ1n) is 6.07. The number of hydrogen-bond acceptors (Lipinski definition) is 2. The zero-order valence-electron chi connectivity index (χ0n) is 11.4. The zero-order chi connectivity index (χ0) is 14.4. The van der Waals surface area contributed by atoms with Crippen LogP contribution in [-0.4, -0.2) is 18.3 Å². The van der Waals surface area contributed by atoms with Gasteiger partial charge in [0.2, 0.25) is 0 Å². The van der Waals surface area contributed by atoms with Gasteiger partial charge in [0.15, 0.2) is 0 Å². The first-order chi connectivity index (χ1) is 8.68. The van der Waals surface area contributed by atoms with E-state index in [1.54, 1.807) is 6.07 Å². The van der Waals surface area contributed by atoms with Crippen molar-refractivity contribution in [3.63, 3.8) is 0 Å². The third kappa shape index (κ3) is 2.84. The number of halogens is 3. The summed E-state index contributed by atoms with van der Waals surface area (Å²) in [5, 5.41) is 1.83. The number of rotatable bonds is 2. The molecule has 1 aliphatic heterocycles. The Hall–Kier alpha value is 0.265. The monoisotopic (exact) mass is 364 g/mol. The fourth-order valence-corrected chi connectivity index (χ4v) is 3.31. The van der Waals surface area contributed by atoms with Crippen molar-refractivity contribution >= 4 is 51.7 Å². The highest BCUT2D eigenvalue weighted by molar-refractivity contribution is 9.08. The van der Waals surface area contributed by atoms with Gasteiger partial charge in [0.25, 0.3) is 0 Å². The van der Waals surface area contributed by atoms with Crippen molar-refractivity contribution in [3.8, 4) is 0 Å². The predicted octanol–water partition coefficient (Wildman–Crippen LogP) is 4.19. The van der Waals surface area contributed by atoms with Gasteiger partial charge in [0, 0.05) is 15.4 Å². The maximum atomic E-state index is 6.23. The van der Waals surface area contributed by atoms with Gasteiger partial charge in [-0.1, -0.05) is 39.1 Å². The summed E-state index contributed by atoms with van der Waals surface area (Å²) < 4.78 is 12.1. The van der Waals surface area contributed by atoms with Crippen molar-refractivity contribution in [1.82, 2.24) is 0 Å². The normalized spacial score (nSPS) is 20.9. The molecule has 19 heavy (non-hydrogen) atoms. The fourth-order valence-electron chi connectivity index (χ4n) is 1.94. The highest BCUT2D eigenvalue weighted by Gasteiger charge is 2.52. The van der Waals surface area contributed by atoms with Crippen LogP contribution in [0.4, 0.5) is 0 Å². The van der Waals surface area contributed by atoms with Gasteiger partial charge < -0.3 is 9.31 Å². The maximum absolute atomic E-state index is 6.23. The summed E-state index contributed by atoms with van der Waals surface area (Å²) in [6, 6.07) is 3.58. The van der Waals surface area contributed by atoms with Crippen LogP contribution in [-0.2, 0) is 14.6 Å². The van der Waals surface area contributed by atoms with Crippen LogP contribution < -0.4 is 5.46 Å². The molecule has 0 N–H and O–H groups in total. The lowest BCUT2D eigenvalue weighted by Crippen LogP contribution is -2.41. The molecule has 0 spiro atoms. The van der Waals surface area contributed by atoms with Crippen LogP contribution in [0.25, 0.3) is 0 Å². The van der Waals surface area contributed by atoms with Gasteiger partial charge in [-0.3, -0.25) is 0 Å². The Kier molecular flexibility index (Phi) is 4.31. The molecule has 0 amide bonds. The zero-order valence-corrected chi connectivity index (χ0v) is 14.5. The van der Waals surface area contributed by atoms with E-state index in [1.165, 1.54) is 0 Å². The second-order valence-corrected chi connectivity index (χ2v) is 7.08.